The molecule has 1 heterocycles. The number of halogens is 3. The van der Waals surface area contributed by atoms with E-state index in [9.17, 15) is 4.79 Å². The molecule has 0 bridgehead atoms. The van der Waals surface area contributed by atoms with Crippen LogP contribution in [0.3, 0.4) is 0 Å². The average molecular weight is 361 g/mol. The largest absolute Gasteiger partial charge is 0.306 e. The molecule has 1 aromatic heterocycles. The second kappa shape index (κ2) is 5.86. The molecule has 0 aliphatic carbocycles. The van der Waals surface area contributed by atoms with E-state index in [1.54, 1.807) is 12.1 Å². The molecule has 19 heavy (non-hydrogen) atoms. The van der Waals surface area contributed by atoms with Crippen LogP contribution < -0.4 is 5.32 Å². The van der Waals surface area contributed by atoms with Crippen molar-refractivity contribution in [3.63, 3.8) is 0 Å². The Bertz CT molecular complexity index is 608. The highest BCUT2D eigenvalue weighted by Gasteiger charge is 2.10. The second-order valence-electron chi connectivity index (χ2n) is 3.82. The molecule has 1 N–H and O–H groups in total. The zero-order valence-electron chi connectivity index (χ0n) is 9.75. The molecule has 0 fully saturated rings. The lowest BCUT2D eigenvalue weighted by atomic mass is 10.1. The summed E-state index contributed by atoms with van der Waals surface area (Å²) in [6.45, 7) is 1.90. The van der Waals surface area contributed by atoms with Gasteiger partial charge in [-0.05, 0) is 42.3 Å². The normalized spacial score (nSPS) is 10.3. The topological polar surface area (TPSA) is 54.9 Å². The highest BCUT2D eigenvalue weighted by atomic mass is 79.9. The fraction of sp³-hybridized carbons (Fsp3) is 0.0833. The number of aromatic nitrogens is 2. The van der Waals surface area contributed by atoms with E-state index in [-0.39, 0.29) is 22.2 Å². The van der Waals surface area contributed by atoms with Crippen LogP contribution in [0.1, 0.15) is 15.9 Å². The summed E-state index contributed by atoms with van der Waals surface area (Å²) >= 11 is 14.7. The Hall–Kier alpha value is -1.17. The summed E-state index contributed by atoms with van der Waals surface area (Å²) in [4.78, 5) is 19.6. The Morgan fingerprint density at radius 1 is 1.21 bits per heavy atom. The third kappa shape index (κ3) is 3.89. The molecule has 7 heteroatoms. The fourth-order valence-electron chi connectivity index (χ4n) is 1.51. The van der Waals surface area contributed by atoms with Crippen molar-refractivity contribution < 1.29 is 4.79 Å². The van der Waals surface area contributed by atoms with E-state index >= 15 is 0 Å². The first-order valence-corrected chi connectivity index (χ1v) is 6.77. The highest BCUT2D eigenvalue weighted by molar-refractivity contribution is 9.10. The zero-order valence-corrected chi connectivity index (χ0v) is 12.8. The molecular weight excluding hydrogens is 353 g/mol. The lowest BCUT2D eigenvalue weighted by Gasteiger charge is -2.06. The van der Waals surface area contributed by atoms with Crippen LogP contribution in [0.4, 0.5) is 5.82 Å². The van der Waals surface area contributed by atoms with Crippen LogP contribution >= 0.6 is 39.1 Å². The number of carbonyl (C=O) groups is 1. The molecule has 0 saturated carbocycles. The molecule has 0 unspecified atom stereocenters. The molecule has 0 radical (unpaired) electrons. The van der Waals surface area contributed by atoms with Crippen molar-refractivity contribution in [1.29, 1.82) is 0 Å². The number of hydrogen-bond acceptors (Lipinski definition) is 3. The quantitative estimate of drug-likeness (QED) is 0.647. The number of carbonyl (C=O) groups excluding carboxylic acids is 1. The van der Waals surface area contributed by atoms with Crippen molar-refractivity contribution in [3.05, 3.63) is 50.3 Å². The van der Waals surface area contributed by atoms with Crippen molar-refractivity contribution in [2.24, 2.45) is 0 Å². The van der Waals surface area contributed by atoms with Gasteiger partial charge in [-0.2, -0.15) is 0 Å². The maximum atomic E-state index is 12.1. The maximum absolute atomic E-state index is 12.1. The van der Waals surface area contributed by atoms with E-state index in [0.717, 1.165) is 10.0 Å². The molecule has 4 nitrogen and oxygen atoms in total. The van der Waals surface area contributed by atoms with Crippen LogP contribution in [0.15, 0.2) is 28.7 Å². The van der Waals surface area contributed by atoms with Gasteiger partial charge >= 0.3 is 0 Å². The van der Waals surface area contributed by atoms with Crippen molar-refractivity contribution in [1.82, 2.24) is 9.97 Å². The summed E-state index contributed by atoms with van der Waals surface area (Å²) < 4.78 is 0.830. The SMILES string of the molecule is Cc1cc(Br)cc(C(=O)Nc2cc(Cl)nc(Cl)n2)c1. The molecular formula is C12H8BrCl2N3O. The van der Waals surface area contributed by atoms with E-state index in [1.165, 1.54) is 6.07 Å². The Kier molecular flexibility index (Phi) is 4.39. The Morgan fingerprint density at radius 2 is 1.95 bits per heavy atom. The second-order valence-corrected chi connectivity index (χ2v) is 5.46. The van der Waals surface area contributed by atoms with E-state index in [0.29, 0.717) is 5.56 Å². The summed E-state index contributed by atoms with van der Waals surface area (Å²) in [5.41, 5.74) is 1.48. The first-order chi connectivity index (χ1) is 8.94. The number of aryl methyl sites for hydroxylation is 1. The molecule has 0 aliphatic heterocycles. The number of nitrogens with zero attached hydrogens (tertiary/aromatic N) is 2. The van der Waals surface area contributed by atoms with Crippen molar-refractivity contribution >= 4 is 50.9 Å². The average Bonchev–Trinajstić information content (AvgIpc) is 2.25. The molecule has 0 aliphatic rings. The van der Waals surface area contributed by atoms with Gasteiger partial charge in [-0.3, -0.25) is 4.79 Å². The lowest BCUT2D eigenvalue weighted by Crippen LogP contribution is -2.13. The van der Waals surface area contributed by atoms with Crippen LogP contribution in [0.2, 0.25) is 10.4 Å². The third-order valence-corrected chi connectivity index (χ3v) is 3.03. The monoisotopic (exact) mass is 359 g/mol. The minimum absolute atomic E-state index is 0.0202. The van der Waals surface area contributed by atoms with Gasteiger partial charge in [0.2, 0.25) is 5.28 Å². The van der Waals surface area contributed by atoms with Crippen LogP contribution in [0.25, 0.3) is 0 Å². The van der Waals surface area contributed by atoms with Crippen molar-refractivity contribution in [3.8, 4) is 0 Å². The van der Waals surface area contributed by atoms with Crippen molar-refractivity contribution in [2.75, 3.05) is 5.32 Å². The van der Waals surface area contributed by atoms with Crippen LogP contribution in [0, 0.1) is 6.92 Å². The summed E-state index contributed by atoms with van der Waals surface area (Å²) in [6, 6.07) is 6.82. The smallest absolute Gasteiger partial charge is 0.256 e. The van der Waals surface area contributed by atoms with Gasteiger partial charge in [0.25, 0.3) is 5.91 Å². The first-order valence-electron chi connectivity index (χ1n) is 5.22. The Balaban J connectivity index is 2.25. The van der Waals surface area contributed by atoms with E-state index in [4.69, 9.17) is 23.2 Å². The minimum Gasteiger partial charge on any atom is -0.306 e. The minimum atomic E-state index is -0.296. The number of anilines is 1. The third-order valence-electron chi connectivity index (χ3n) is 2.21. The van der Waals surface area contributed by atoms with Gasteiger partial charge in [-0.15, -0.1) is 0 Å². The summed E-state index contributed by atoms with van der Waals surface area (Å²) in [6.07, 6.45) is 0. The molecule has 0 spiro atoms. The Labute approximate surface area is 128 Å². The molecule has 0 atom stereocenters. The van der Waals surface area contributed by atoms with Gasteiger partial charge in [0.15, 0.2) is 0 Å². The molecule has 1 amide bonds. The standard InChI is InChI=1S/C12H8BrCl2N3O/c1-6-2-7(4-8(13)3-6)11(19)17-10-5-9(14)16-12(15)18-10/h2-5H,1H3,(H,16,17,18,19). The predicted molar refractivity (Wildman–Crippen MR) is 78.9 cm³/mol. The number of rotatable bonds is 2. The van der Waals surface area contributed by atoms with Gasteiger partial charge in [0.1, 0.15) is 11.0 Å². The van der Waals surface area contributed by atoms with Gasteiger partial charge in [-0.25, -0.2) is 9.97 Å². The number of hydrogen-bond donors (Lipinski definition) is 1. The van der Waals surface area contributed by atoms with E-state index in [1.807, 2.05) is 13.0 Å². The van der Waals surface area contributed by atoms with Gasteiger partial charge in [0.05, 0.1) is 0 Å². The van der Waals surface area contributed by atoms with Gasteiger partial charge in [0, 0.05) is 16.1 Å². The van der Waals surface area contributed by atoms with Crippen LogP contribution in [-0.2, 0) is 0 Å². The first kappa shape index (κ1) is 14.2. The van der Waals surface area contributed by atoms with Gasteiger partial charge in [-0.1, -0.05) is 27.5 Å². The Morgan fingerprint density at radius 3 is 2.58 bits per heavy atom. The molecule has 2 rings (SSSR count). The van der Waals surface area contributed by atoms with Crippen LogP contribution in [-0.4, -0.2) is 15.9 Å². The van der Waals surface area contributed by atoms with Gasteiger partial charge < -0.3 is 5.32 Å². The van der Waals surface area contributed by atoms with E-state index < -0.39 is 0 Å². The fourth-order valence-corrected chi connectivity index (χ4v) is 2.53. The predicted octanol–water partition coefficient (Wildman–Crippen LogP) is 4.11. The number of amides is 1. The molecule has 98 valence electrons. The number of nitrogens with one attached hydrogen (secondary N) is 1. The molecule has 1 aromatic carbocycles. The number of benzene rings is 1. The summed E-state index contributed by atoms with van der Waals surface area (Å²) in [5.74, 6) is -0.0390. The maximum Gasteiger partial charge on any atom is 0.256 e. The van der Waals surface area contributed by atoms with Crippen LogP contribution in [0.5, 0.6) is 0 Å². The highest BCUT2D eigenvalue weighted by Crippen LogP contribution is 2.18. The molecule has 2 aromatic rings. The van der Waals surface area contributed by atoms with E-state index in [2.05, 4.69) is 31.2 Å². The zero-order chi connectivity index (χ0) is 14.0. The van der Waals surface area contributed by atoms with Crippen molar-refractivity contribution in [2.45, 2.75) is 6.92 Å². The molecule has 0 saturated heterocycles. The summed E-state index contributed by atoms with van der Waals surface area (Å²) in [5, 5.41) is 2.76. The lowest BCUT2D eigenvalue weighted by molar-refractivity contribution is 0.102. The summed E-state index contributed by atoms with van der Waals surface area (Å²) in [7, 11) is 0.